The number of unbranched alkanes of at least 4 members (excludes halogenated alkanes) is 1. The number of aromatic amines is 1. The van der Waals surface area contributed by atoms with Gasteiger partial charge in [-0.25, -0.2) is 4.79 Å². The zero-order valence-electron chi connectivity index (χ0n) is 20.0. The molecule has 1 atom stereocenters. The Balaban J connectivity index is 1.97. The van der Waals surface area contributed by atoms with Crippen LogP contribution in [-0.2, 0) is 29.1 Å². The van der Waals surface area contributed by atoms with Crippen LogP contribution in [0.4, 0.5) is 11.5 Å². The molecule has 34 heavy (non-hydrogen) atoms. The Hall–Kier alpha value is -3.40. The Morgan fingerprint density at radius 3 is 2.50 bits per heavy atom. The van der Waals surface area contributed by atoms with E-state index in [2.05, 4.69) is 4.98 Å². The predicted octanol–water partition coefficient (Wildman–Crippen LogP) is 0.820. The lowest BCUT2D eigenvalue weighted by molar-refractivity contribution is -0.126. The van der Waals surface area contributed by atoms with Gasteiger partial charge in [0.05, 0.1) is 12.6 Å². The van der Waals surface area contributed by atoms with Gasteiger partial charge in [0, 0.05) is 19.6 Å². The molecule has 0 saturated heterocycles. The van der Waals surface area contributed by atoms with Gasteiger partial charge in [-0.1, -0.05) is 51.5 Å². The maximum absolute atomic E-state index is 13.6. The van der Waals surface area contributed by atoms with Gasteiger partial charge in [0.25, 0.3) is 5.56 Å². The number of benzene rings is 1. The number of carbonyl (C=O) groups is 2. The van der Waals surface area contributed by atoms with Crippen molar-refractivity contribution in [3.63, 3.8) is 0 Å². The summed E-state index contributed by atoms with van der Waals surface area (Å²) >= 11 is 0. The highest BCUT2D eigenvalue weighted by molar-refractivity contribution is 5.97. The number of fused-ring (bicyclic) bond motifs is 1. The molecule has 0 bridgehead atoms. The molecule has 1 aromatic carbocycles. The van der Waals surface area contributed by atoms with Crippen LogP contribution >= 0.6 is 0 Å². The smallest absolute Gasteiger partial charge is 0.330 e. The second-order valence-electron chi connectivity index (χ2n) is 9.19. The van der Waals surface area contributed by atoms with Gasteiger partial charge >= 0.3 is 5.69 Å². The minimum absolute atomic E-state index is 0.0354. The molecule has 2 aromatic rings. The van der Waals surface area contributed by atoms with Gasteiger partial charge < -0.3 is 16.4 Å². The van der Waals surface area contributed by atoms with Crippen LogP contribution in [0.1, 0.15) is 44.7 Å². The highest BCUT2D eigenvalue weighted by Crippen LogP contribution is 2.24. The van der Waals surface area contributed by atoms with Crippen LogP contribution in [0.2, 0.25) is 0 Å². The highest BCUT2D eigenvalue weighted by Gasteiger charge is 2.33. The fourth-order valence-electron chi connectivity index (χ4n) is 4.35. The Bertz CT molecular complexity index is 1170. The van der Waals surface area contributed by atoms with Gasteiger partial charge in [-0.15, -0.1) is 0 Å². The van der Waals surface area contributed by atoms with Crippen molar-refractivity contribution < 1.29 is 9.59 Å². The molecule has 10 heteroatoms. The first-order chi connectivity index (χ1) is 16.1. The average Bonchev–Trinajstić information content (AvgIpc) is 2.77. The molecular weight excluding hydrogens is 436 g/mol. The molecule has 0 spiro atoms. The zero-order chi connectivity index (χ0) is 25.0. The molecule has 10 nitrogen and oxygen atoms in total. The van der Waals surface area contributed by atoms with Crippen LogP contribution in [0, 0.1) is 5.92 Å². The third-order valence-electron chi connectivity index (χ3n) is 6.08. The molecular formula is C24H34N6O4. The number of nitrogen functional groups attached to an aromatic ring is 1. The van der Waals surface area contributed by atoms with E-state index in [4.69, 9.17) is 11.5 Å². The summed E-state index contributed by atoms with van der Waals surface area (Å²) in [6.07, 6.45) is 1.83. The highest BCUT2D eigenvalue weighted by atomic mass is 16.2. The predicted molar refractivity (Wildman–Crippen MR) is 131 cm³/mol. The number of nitrogens with two attached hydrogens (primary N) is 2. The minimum atomic E-state index is -0.706. The number of H-pyrrole nitrogens is 1. The van der Waals surface area contributed by atoms with E-state index in [9.17, 15) is 19.2 Å². The third kappa shape index (κ3) is 5.39. The molecule has 1 aliphatic heterocycles. The minimum Gasteiger partial charge on any atom is -0.383 e. The summed E-state index contributed by atoms with van der Waals surface area (Å²) in [5, 5.41) is 0. The van der Waals surface area contributed by atoms with E-state index in [1.165, 1.54) is 9.47 Å². The number of carbonyl (C=O) groups excluding carboxylic acids is 2. The Labute approximate surface area is 198 Å². The molecule has 0 unspecified atom stereocenters. The fraction of sp³-hybridized carbons (Fsp3) is 0.500. The molecule has 5 N–H and O–H groups in total. The van der Waals surface area contributed by atoms with E-state index in [0.717, 1.165) is 17.5 Å². The topological polar surface area (TPSA) is 148 Å². The summed E-state index contributed by atoms with van der Waals surface area (Å²) in [5.41, 5.74) is 12.6. The second-order valence-corrected chi connectivity index (χ2v) is 9.19. The van der Waals surface area contributed by atoms with E-state index in [1.54, 1.807) is 4.90 Å². The summed E-state index contributed by atoms with van der Waals surface area (Å²) in [7, 11) is 0. The molecule has 2 amide bonds. The molecule has 0 radical (unpaired) electrons. The second kappa shape index (κ2) is 10.7. The number of hydrogen-bond acceptors (Lipinski definition) is 6. The monoisotopic (exact) mass is 470 g/mol. The molecule has 2 heterocycles. The van der Waals surface area contributed by atoms with Gasteiger partial charge in [-0.05, 0) is 29.9 Å². The fourth-order valence-corrected chi connectivity index (χ4v) is 4.35. The lowest BCUT2D eigenvalue weighted by atomic mass is 9.93. The van der Waals surface area contributed by atoms with Crippen LogP contribution in [0.25, 0.3) is 0 Å². The van der Waals surface area contributed by atoms with Crippen molar-refractivity contribution in [1.82, 2.24) is 14.5 Å². The number of aromatic nitrogens is 2. The first-order valence-corrected chi connectivity index (χ1v) is 11.7. The first kappa shape index (κ1) is 25.2. The van der Waals surface area contributed by atoms with Gasteiger partial charge in [-0.3, -0.25) is 28.8 Å². The van der Waals surface area contributed by atoms with Crippen molar-refractivity contribution in [3.8, 4) is 0 Å². The largest absolute Gasteiger partial charge is 0.383 e. The molecule has 1 aliphatic rings. The SMILES string of the molecule is CCCCN(C(=O)CN1Cc2ccccc2C[C@H]1C(N)=O)c1c(N)n(CC(C)C)c(=O)[nH]c1=O. The van der Waals surface area contributed by atoms with Gasteiger partial charge in [0.1, 0.15) is 5.82 Å². The molecule has 0 fully saturated rings. The molecule has 0 saturated carbocycles. The van der Waals surface area contributed by atoms with Gasteiger partial charge in [-0.2, -0.15) is 0 Å². The van der Waals surface area contributed by atoms with Crippen LogP contribution < -0.4 is 27.6 Å². The number of rotatable bonds is 9. The molecule has 1 aromatic heterocycles. The van der Waals surface area contributed by atoms with Gasteiger partial charge in [0.15, 0.2) is 5.69 Å². The van der Waals surface area contributed by atoms with Crippen molar-refractivity contribution in [2.45, 2.75) is 59.2 Å². The van der Waals surface area contributed by atoms with E-state index in [-0.39, 0.29) is 36.4 Å². The molecule has 3 rings (SSSR count). The number of primary amides is 1. The van der Waals surface area contributed by atoms with Crippen LogP contribution in [0.3, 0.4) is 0 Å². The van der Waals surface area contributed by atoms with Gasteiger partial charge in [0.2, 0.25) is 11.8 Å². The molecule has 0 aliphatic carbocycles. The summed E-state index contributed by atoms with van der Waals surface area (Å²) in [6, 6.07) is 7.09. The average molecular weight is 471 g/mol. The maximum atomic E-state index is 13.6. The summed E-state index contributed by atoms with van der Waals surface area (Å²) in [6.45, 7) is 6.65. The number of anilines is 2. The first-order valence-electron chi connectivity index (χ1n) is 11.7. The van der Waals surface area contributed by atoms with E-state index in [0.29, 0.717) is 25.9 Å². The van der Waals surface area contributed by atoms with E-state index in [1.807, 2.05) is 45.0 Å². The number of nitrogens with zero attached hydrogens (tertiary/aromatic N) is 3. The van der Waals surface area contributed by atoms with Crippen molar-refractivity contribution >= 4 is 23.3 Å². The number of amides is 2. The van der Waals surface area contributed by atoms with Crippen molar-refractivity contribution in [1.29, 1.82) is 0 Å². The lowest BCUT2D eigenvalue weighted by Gasteiger charge is -2.36. The van der Waals surface area contributed by atoms with Crippen LogP contribution in [0.5, 0.6) is 0 Å². The zero-order valence-corrected chi connectivity index (χ0v) is 20.0. The third-order valence-corrected chi connectivity index (χ3v) is 6.08. The van der Waals surface area contributed by atoms with E-state index >= 15 is 0 Å². The Kier molecular flexibility index (Phi) is 7.93. The van der Waals surface area contributed by atoms with Crippen molar-refractivity contribution in [2.75, 3.05) is 23.7 Å². The summed E-state index contributed by atoms with van der Waals surface area (Å²) in [4.78, 5) is 56.3. The standard InChI is InChI=1S/C24H34N6O4/c1-4-5-10-29(20-21(25)30(12-15(2)3)24(34)27-23(20)33)19(31)14-28-13-17-9-7-6-8-16(17)11-18(28)22(26)32/h6-9,15,18H,4-5,10-14,25H2,1-3H3,(H2,26,32)(H,27,33,34)/t18-/m0/s1. The number of hydrogen-bond donors (Lipinski definition) is 3. The van der Waals surface area contributed by atoms with Crippen molar-refractivity contribution in [2.24, 2.45) is 11.7 Å². The molecule has 184 valence electrons. The Morgan fingerprint density at radius 1 is 1.21 bits per heavy atom. The summed E-state index contributed by atoms with van der Waals surface area (Å²) < 4.78 is 1.29. The summed E-state index contributed by atoms with van der Waals surface area (Å²) in [5.74, 6) is -0.832. The van der Waals surface area contributed by atoms with Crippen LogP contribution in [0.15, 0.2) is 33.9 Å². The number of nitrogens with one attached hydrogen (secondary N) is 1. The van der Waals surface area contributed by atoms with Crippen molar-refractivity contribution in [3.05, 3.63) is 56.2 Å². The Morgan fingerprint density at radius 2 is 1.88 bits per heavy atom. The van der Waals surface area contributed by atoms with E-state index < -0.39 is 23.2 Å². The van der Waals surface area contributed by atoms with Crippen LogP contribution in [-0.4, -0.2) is 45.4 Å². The lowest BCUT2D eigenvalue weighted by Crippen LogP contribution is -2.53. The maximum Gasteiger partial charge on any atom is 0.330 e. The normalized spacial score (nSPS) is 15.8. The quantitative estimate of drug-likeness (QED) is 0.494.